The number of benzene rings is 2. The molecule has 0 heterocycles. The van der Waals surface area contributed by atoms with E-state index in [0.29, 0.717) is 17.3 Å². The smallest absolute Gasteiger partial charge is 0.261 e. The van der Waals surface area contributed by atoms with E-state index in [-0.39, 0.29) is 24.5 Å². The average molecular weight is 522 g/mol. The molecule has 1 fully saturated rings. The van der Waals surface area contributed by atoms with Crippen LogP contribution in [-0.2, 0) is 16.1 Å². The number of halogens is 2. The standard InChI is InChI=1S/C25H30BrClN2O3/c1-17-14-22(12-13-23(17)26)32-16-24(30)29(15-19-8-10-20(27)11-9-19)18(2)25(31)28-21-6-4-3-5-7-21/h8-14,18,21H,3-7,15-16H2,1-2H3,(H,28,31)/t18-/m1/s1. The van der Waals surface area contributed by atoms with Gasteiger partial charge in [0.05, 0.1) is 0 Å². The Labute approximate surface area is 203 Å². The molecule has 1 N–H and O–H groups in total. The van der Waals surface area contributed by atoms with Gasteiger partial charge in [-0.1, -0.05) is 58.9 Å². The van der Waals surface area contributed by atoms with Crippen molar-refractivity contribution in [2.45, 2.75) is 64.6 Å². The Morgan fingerprint density at radius 3 is 2.50 bits per heavy atom. The van der Waals surface area contributed by atoms with Crippen molar-refractivity contribution >= 4 is 39.3 Å². The zero-order valence-corrected chi connectivity index (χ0v) is 20.9. The molecule has 0 bridgehead atoms. The maximum atomic E-state index is 13.2. The number of hydrogen-bond donors (Lipinski definition) is 1. The maximum absolute atomic E-state index is 13.2. The van der Waals surface area contributed by atoms with E-state index in [4.69, 9.17) is 16.3 Å². The molecule has 2 amide bonds. The normalized spacial score (nSPS) is 15.1. The molecule has 0 unspecified atom stereocenters. The highest BCUT2D eigenvalue weighted by atomic mass is 79.9. The first kappa shape index (κ1) is 24.6. The summed E-state index contributed by atoms with van der Waals surface area (Å²) < 4.78 is 6.74. The maximum Gasteiger partial charge on any atom is 0.261 e. The molecule has 1 atom stereocenters. The summed E-state index contributed by atoms with van der Waals surface area (Å²) in [6.45, 7) is 3.90. The SMILES string of the molecule is Cc1cc(OCC(=O)N(Cc2ccc(Cl)cc2)[C@H](C)C(=O)NC2CCCCC2)ccc1Br. The second-order valence-electron chi connectivity index (χ2n) is 8.37. The van der Waals surface area contributed by atoms with E-state index in [1.54, 1.807) is 24.0 Å². The molecule has 0 aromatic heterocycles. The molecule has 1 saturated carbocycles. The van der Waals surface area contributed by atoms with Crippen LogP contribution in [0.4, 0.5) is 0 Å². The van der Waals surface area contributed by atoms with Crippen molar-refractivity contribution < 1.29 is 14.3 Å². The first-order valence-corrected chi connectivity index (χ1v) is 12.2. The molecule has 2 aromatic rings. The lowest BCUT2D eigenvalue weighted by molar-refractivity contribution is -0.142. The number of amides is 2. The summed E-state index contributed by atoms with van der Waals surface area (Å²) in [5, 5.41) is 3.76. The fraction of sp³-hybridized carbons (Fsp3) is 0.440. The summed E-state index contributed by atoms with van der Waals surface area (Å²) in [6, 6.07) is 12.5. The second kappa shape index (κ2) is 11.7. The highest BCUT2D eigenvalue weighted by Gasteiger charge is 2.28. The third-order valence-corrected chi connectivity index (χ3v) is 7.02. The van der Waals surface area contributed by atoms with Crippen LogP contribution < -0.4 is 10.1 Å². The number of ether oxygens (including phenoxy) is 1. The van der Waals surface area contributed by atoms with Crippen molar-refractivity contribution in [3.8, 4) is 5.75 Å². The molecule has 172 valence electrons. The molecule has 5 nitrogen and oxygen atoms in total. The quantitative estimate of drug-likeness (QED) is 0.488. The minimum atomic E-state index is -0.615. The van der Waals surface area contributed by atoms with Crippen LogP contribution in [-0.4, -0.2) is 35.4 Å². The van der Waals surface area contributed by atoms with Gasteiger partial charge >= 0.3 is 0 Å². The van der Waals surface area contributed by atoms with Crippen LogP contribution in [0.1, 0.15) is 50.2 Å². The predicted octanol–water partition coefficient (Wildman–Crippen LogP) is 5.66. The van der Waals surface area contributed by atoms with Crippen LogP contribution >= 0.6 is 27.5 Å². The van der Waals surface area contributed by atoms with Crippen molar-refractivity contribution in [1.29, 1.82) is 0 Å². The first-order chi connectivity index (χ1) is 15.3. The molecule has 0 aliphatic heterocycles. The monoisotopic (exact) mass is 520 g/mol. The van der Waals surface area contributed by atoms with Gasteiger partial charge in [0.2, 0.25) is 5.91 Å². The number of carbonyl (C=O) groups excluding carboxylic acids is 2. The zero-order chi connectivity index (χ0) is 23.1. The minimum absolute atomic E-state index is 0.126. The molecule has 2 aromatic carbocycles. The summed E-state index contributed by atoms with van der Waals surface area (Å²) in [4.78, 5) is 27.7. The topological polar surface area (TPSA) is 58.6 Å². The van der Waals surface area contributed by atoms with Crippen molar-refractivity contribution in [3.05, 3.63) is 63.1 Å². The lowest BCUT2D eigenvalue weighted by atomic mass is 9.95. The van der Waals surface area contributed by atoms with Gasteiger partial charge in [-0.25, -0.2) is 0 Å². The molecule has 3 rings (SSSR count). The van der Waals surface area contributed by atoms with Gasteiger partial charge in [-0.15, -0.1) is 0 Å². The van der Waals surface area contributed by atoms with Crippen LogP contribution in [0.2, 0.25) is 5.02 Å². The van der Waals surface area contributed by atoms with E-state index in [9.17, 15) is 9.59 Å². The molecule has 0 radical (unpaired) electrons. The number of carbonyl (C=O) groups is 2. The zero-order valence-electron chi connectivity index (χ0n) is 18.6. The predicted molar refractivity (Wildman–Crippen MR) is 131 cm³/mol. The highest BCUT2D eigenvalue weighted by molar-refractivity contribution is 9.10. The van der Waals surface area contributed by atoms with Crippen LogP contribution in [0.3, 0.4) is 0 Å². The number of hydrogen-bond acceptors (Lipinski definition) is 3. The number of aryl methyl sites for hydroxylation is 1. The molecule has 1 aliphatic rings. The van der Waals surface area contributed by atoms with E-state index >= 15 is 0 Å². The van der Waals surface area contributed by atoms with Crippen molar-refractivity contribution in [3.63, 3.8) is 0 Å². The molecule has 0 saturated heterocycles. The molecular formula is C25H30BrClN2O3. The van der Waals surface area contributed by atoms with Gasteiger partial charge in [-0.05, 0) is 68.1 Å². The van der Waals surface area contributed by atoms with Crippen LogP contribution in [0, 0.1) is 6.92 Å². The van der Waals surface area contributed by atoms with E-state index in [2.05, 4.69) is 21.2 Å². The van der Waals surface area contributed by atoms with Gasteiger partial charge in [0.25, 0.3) is 5.91 Å². The summed E-state index contributed by atoms with van der Waals surface area (Å²) in [7, 11) is 0. The van der Waals surface area contributed by atoms with Gasteiger partial charge in [-0.2, -0.15) is 0 Å². The van der Waals surface area contributed by atoms with Crippen molar-refractivity contribution in [1.82, 2.24) is 10.2 Å². The van der Waals surface area contributed by atoms with Crippen LogP contribution in [0.25, 0.3) is 0 Å². The minimum Gasteiger partial charge on any atom is -0.484 e. The Kier molecular flexibility index (Phi) is 9.00. The third kappa shape index (κ3) is 6.97. The fourth-order valence-electron chi connectivity index (χ4n) is 3.87. The Morgan fingerprint density at radius 2 is 1.84 bits per heavy atom. The van der Waals surface area contributed by atoms with Gasteiger partial charge in [0.15, 0.2) is 6.61 Å². The summed E-state index contributed by atoms with van der Waals surface area (Å²) in [5.41, 5.74) is 1.92. The van der Waals surface area contributed by atoms with Gasteiger partial charge < -0.3 is 15.0 Å². The highest BCUT2D eigenvalue weighted by Crippen LogP contribution is 2.22. The van der Waals surface area contributed by atoms with Crippen molar-refractivity contribution in [2.24, 2.45) is 0 Å². The Bertz CT molecular complexity index is 929. The number of nitrogens with one attached hydrogen (secondary N) is 1. The second-order valence-corrected chi connectivity index (χ2v) is 9.66. The lowest BCUT2D eigenvalue weighted by Gasteiger charge is -2.31. The summed E-state index contributed by atoms with van der Waals surface area (Å²) >= 11 is 9.47. The van der Waals surface area contributed by atoms with Crippen LogP contribution in [0.5, 0.6) is 5.75 Å². The van der Waals surface area contributed by atoms with Gasteiger partial charge in [0.1, 0.15) is 11.8 Å². The summed E-state index contributed by atoms with van der Waals surface area (Å²) in [6.07, 6.45) is 5.47. The average Bonchev–Trinajstić information content (AvgIpc) is 2.79. The Hall–Kier alpha value is -2.05. The summed E-state index contributed by atoms with van der Waals surface area (Å²) in [5.74, 6) is 0.246. The third-order valence-electron chi connectivity index (χ3n) is 5.88. The molecule has 0 spiro atoms. The van der Waals surface area contributed by atoms with E-state index in [1.165, 1.54) is 6.42 Å². The van der Waals surface area contributed by atoms with Gasteiger partial charge in [-0.3, -0.25) is 9.59 Å². The van der Waals surface area contributed by atoms with E-state index in [1.807, 2.05) is 37.3 Å². The fourth-order valence-corrected chi connectivity index (χ4v) is 4.25. The molecule has 1 aliphatic carbocycles. The molecule has 32 heavy (non-hydrogen) atoms. The van der Waals surface area contributed by atoms with Gasteiger partial charge in [0, 0.05) is 22.1 Å². The number of nitrogens with zero attached hydrogens (tertiary/aromatic N) is 1. The number of rotatable bonds is 8. The Morgan fingerprint density at radius 1 is 1.16 bits per heavy atom. The first-order valence-electron chi connectivity index (χ1n) is 11.1. The molecule has 7 heteroatoms. The van der Waals surface area contributed by atoms with E-state index in [0.717, 1.165) is 41.3 Å². The largest absolute Gasteiger partial charge is 0.484 e. The van der Waals surface area contributed by atoms with Crippen molar-refractivity contribution in [2.75, 3.05) is 6.61 Å². The Balaban J connectivity index is 1.70. The molecular weight excluding hydrogens is 492 g/mol. The van der Waals surface area contributed by atoms with E-state index < -0.39 is 6.04 Å². The van der Waals surface area contributed by atoms with Crippen LogP contribution in [0.15, 0.2) is 46.9 Å². The lowest BCUT2D eigenvalue weighted by Crippen LogP contribution is -2.51.